The summed E-state index contributed by atoms with van der Waals surface area (Å²) in [7, 11) is 0. The molecule has 5 rings (SSSR count). The van der Waals surface area contributed by atoms with E-state index < -0.39 is 35.0 Å². The van der Waals surface area contributed by atoms with Crippen molar-refractivity contribution in [3.8, 4) is 0 Å². The first kappa shape index (κ1) is 27.9. The highest BCUT2D eigenvalue weighted by Crippen LogP contribution is 2.35. The Kier molecular flexibility index (Phi) is 7.29. The van der Waals surface area contributed by atoms with Crippen molar-refractivity contribution in [1.82, 2.24) is 25.2 Å². The molecule has 0 saturated carbocycles. The van der Waals surface area contributed by atoms with E-state index in [1.165, 1.54) is 16.8 Å². The third-order valence-corrected chi connectivity index (χ3v) is 6.82. The average Bonchev–Trinajstić information content (AvgIpc) is 3.53. The molecular weight excluding hydrogens is 532 g/mol. The minimum atomic E-state index is -0.753. The lowest BCUT2D eigenvalue weighted by atomic mass is 9.97. The zero-order valence-electron chi connectivity index (χ0n) is 23.0. The fourth-order valence-electron chi connectivity index (χ4n) is 4.99. The summed E-state index contributed by atoms with van der Waals surface area (Å²) in [6.07, 6.45) is 2.76. The molecule has 0 bridgehead atoms. The fourth-order valence-corrected chi connectivity index (χ4v) is 4.99. The fraction of sp³-hybridized carbons (Fsp3) is 0.300. The normalized spacial score (nSPS) is 14.5. The van der Waals surface area contributed by atoms with Gasteiger partial charge in [0.25, 0.3) is 11.8 Å². The maximum absolute atomic E-state index is 13.5. The van der Waals surface area contributed by atoms with Crippen LogP contribution in [0.1, 0.15) is 86.8 Å². The SMILES string of the molecule is Cc1c(C(=O)OC(C)(C)C)ccc2c1CC[C@@H]2NC(=O)c1cc(C(=O)NCc2cc(F)cc(F)c2)nc2ccnn12. The monoisotopic (exact) mass is 561 g/mol. The molecule has 1 atom stereocenters. The first-order valence-electron chi connectivity index (χ1n) is 13.1. The number of fused-ring (bicyclic) bond motifs is 2. The molecule has 2 aromatic carbocycles. The quantitative estimate of drug-likeness (QED) is 0.332. The number of amides is 2. The topological polar surface area (TPSA) is 115 Å². The number of nitrogens with one attached hydrogen (secondary N) is 2. The first-order valence-corrected chi connectivity index (χ1v) is 13.1. The number of esters is 1. The Hall–Kier alpha value is -4.67. The van der Waals surface area contributed by atoms with E-state index in [1.807, 2.05) is 33.8 Å². The molecular formula is C30H29F2N5O4. The number of carbonyl (C=O) groups excluding carboxylic acids is 3. The summed E-state index contributed by atoms with van der Waals surface area (Å²) < 4.78 is 33.9. The number of hydrogen-bond acceptors (Lipinski definition) is 6. The van der Waals surface area contributed by atoms with Gasteiger partial charge in [0.05, 0.1) is 17.8 Å². The van der Waals surface area contributed by atoms with Crippen LogP contribution in [0.2, 0.25) is 0 Å². The van der Waals surface area contributed by atoms with Crippen LogP contribution in [-0.2, 0) is 17.7 Å². The molecule has 0 radical (unpaired) electrons. The lowest BCUT2D eigenvalue weighted by Crippen LogP contribution is -2.30. The zero-order valence-corrected chi connectivity index (χ0v) is 23.0. The van der Waals surface area contributed by atoms with Crippen molar-refractivity contribution < 1.29 is 27.9 Å². The maximum Gasteiger partial charge on any atom is 0.338 e. The van der Waals surface area contributed by atoms with Crippen molar-refractivity contribution in [3.63, 3.8) is 0 Å². The van der Waals surface area contributed by atoms with E-state index in [1.54, 1.807) is 12.1 Å². The number of aromatic nitrogens is 3. The molecule has 2 aromatic heterocycles. The molecule has 1 aliphatic carbocycles. The van der Waals surface area contributed by atoms with Crippen molar-refractivity contribution in [3.05, 3.63) is 99.5 Å². The van der Waals surface area contributed by atoms with Crippen LogP contribution in [-0.4, -0.2) is 38.0 Å². The minimum Gasteiger partial charge on any atom is -0.456 e. The van der Waals surface area contributed by atoms with Gasteiger partial charge in [-0.25, -0.2) is 23.1 Å². The zero-order chi connectivity index (χ0) is 29.5. The summed E-state index contributed by atoms with van der Waals surface area (Å²) >= 11 is 0. The highest BCUT2D eigenvalue weighted by molar-refractivity contribution is 5.98. The molecule has 9 nitrogen and oxygen atoms in total. The summed E-state index contributed by atoms with van der Waals surface area (Å²) in [6.45, 7) is 7.19. The van der Waals surface area contributed by atoms with E-state index in [0.717, 1.165) is 34.9 Å². The molecule has 2 heterocycles. The van der Waals surface area contributed by atoms with Crippen molar-refractivity contribution in [2.24, 2.45) is 0 Å². The lowest BCUT2D eigenvalue weighted by Gasteiger charge is -2.21. The van der Waals surface area contributed by atoms with Gasteiger partial charge in [-0.3, -0.25) is 9.59 Å². The Bertz CT molecular complexity index is 1670. The summed E-state index contributed by atoms with van der Waals surface area (Å²) in [5.74, 6) is -2.98. The van der Waals surface area contributed by atoms with Gasteiger partial charge in [0.15, 0.2) is 5.65 Å². The summed E-state index contributed by atoms with van der Waals surface area (Å²) in [4.78, 5) is 43.3. The molecule has 0 unspecified atom stereocenters. The summed E-state index contributed by atoms with van der Waals surface area (Å²) in [6, 6.07) is 9.10. The second-order valence-electron chi connectivity index (χ2n) is 11.0. The second-order valence-corrected chi connectivity index (χ2v) is 11.0. The Labute approximate surface area is 234 Å². The Morgan fingerprint density at radius 3 is 2.49 bits per heavy atom. The number of benzene rings is 2. The van der Waals surface area contributed by atoms with E-state index in [4.69, 9.17) is 4.74 Å². The van der Waals surface area contributed by atoms with Gasteiger partial charge in [0, 0.05) is 24.7 Å². The van der Waals surface area contributed by atoms with Crippen LogP contribution in [0.25, 0.3) is 5.65 Å². The molecule has 41 heavy (non-hydrogen) atoms. The Morgan fingerprint density at radius 2 is 1.78 bits per heavy atom. The standard InChI is InChI=1S/C30H29F2N5O4/c1-16-20-7-8-23(22(20)6-5-21(16)29(40)41-30(2,3)4)36-28(39)25-14-24(35-26-9-10-34-37(25)26)27(38)33-15-17-11-18(31)13-19(32)12-17/h5-6,9-14,23H,7-8,15H2,1-4H3,(H,33,38)(H,36,39)/t23-/m0/s1. The van der Waals surface area contributed by atoms with Gasteiger partial charge in [-0.2, -0.15) is 5.10 Å². The van der Waals surface area contributed by atoms with Crippen LogP contribution in [0, 0.1) is 18.6 Å². The average molecular weight is 562 g/mol. The largest absolute Gasteiger partial charge is 0.456 e. The highest BCUT2D eigenvalue weighted by Gasteiger charge is 2.30. The van der Waals surface area contributed by atoms with Gasteiger partial charge < -0.3 is 15.4 Å². The third-order valence-electron chi connectivity index (χ3n) is 6.82. The van der Waals surface area contributed by atoms with Crippen molar-refractivity contribution >= 4 is 23.4 Å². The Morgan fingerprint density at radius 1 is 1.05 bits per heavy atom. The van der Waals surface area contributed by atoms with Crippen molar-refractivity contribution in [2.45, 2.75) is 58.7 Å². The molecule has 0 fully saturated rings. The van der Waals surface area contributed by atoms with Gasteiger partial charge in [-0.05, 0) is 81.0 Å². The van der Waals surface area contributed by atoms with Gasteiger partial charge in [-0.15, -0.1) is 0 Å². The molecule has 11 heteroatoms. The molecule has 212 valence electrons. The van der Waals surface area contributed by atoms with Crippen LogP contribution in [0.5, 0.6) is 0 Å². The summed E-state index contributed by atoms with van der Waals surface area (Å²) in [5, 5.41) is 9.78. The predicted molar refractivity (Wildman–Crippen MR) is 145 cm³/mol. The number of carbonyl (C=O) groups is 3. The Balaban J connectivity index is 1.35. The van der Waals surface area contributed by atoms with E-state index in [0.29, 0.717) is 18.4 Å². The van der Waals surface area contributed by atoms with E-state index in [9.17, 15) is 23.2 Å². The molecule has 1 aliphatic rings. The van der Waals surface area contributed by atoms with E-state index in [2.05, 4.69) is 20.7 Å². The molecule has 2 amide bonds. The molecule has 0 saturated heterocycles. The molecule has 2 N–H and O–H groups in total. The minimum absolute atomic E-state index is 0.0512. The van der Waals surface area contributed by atoms with Gasteiger partial charge in [-0.1, -0.05) is 6.07 Å². The predicted octanol–water partition coefficient (Wildman–Crippen LogP) is 4.62. The van der Waals surface area contributed by atoms with Crippen molar-refractivity contribution in [2.75, 3.05) is 0 Å². The van der Waals surface area contributed by atoms with Gasteiger partial charge >= 0.3 is 5.97 Å². The molecule has 0 spiro atoms. The second kappa shape index (κ2) is 10.7. The van der Waals surface area contributed by atoms with E-state index in [-0.39, 0.29) is 35.2 Å². The van der Waals surface area contributed by atoms with Crippen LogP contribution in [0.4, 0.5) is 8.78 Å². The first-order chi connectivity index (χ1) is 19.4. The summed E-state index contributed by atoms with van der Waals surface area (Å²) in [5.41, 5.74) is 3.17. The van der Waals surface area contributed by atoms with Crippen LogP contribution >= 0.6 is 0 Å². The number of hydrogen-bond donors (Lipinski definition) is 2. The number of nitrogens with zero attached hydrogens (tertiary/aromatic N) is 3. The van der Waals surface area contributed by atoms with Crippen LogP contribution in [0.15, 0.2) is 48.7 Å². The van der Waals surface area contributed by atoms with Crippen molar-refractivity contribution in [1.29, 1.82) is 0 Å². The number of rotatable bonds is 6. The van der Waals surface area contributed by atoms with Gasteiger partial charge in [0.2, 0.25) is 0 Å². The smallest absolute Gasteiger partial charge is 0.338 e. The number of halogens is 2. The van der Waals surface area contributed by atoms with Crippen LogP contribution < -0.4 is 10.6 Å². The maximum atomic E-state index is 13.5. The number of ether oxygens (including phenoxy) is 1. The lowest BCUT2D eigenvalue weighted by molar-refractivity contribution is 0.00683. The van der Waals surface area contributed by atoms with Crippen LogP contribution in [0.3, 0.4) is 0 Å². The van der Waals surface area contributed by atoms with Gasteiger partial charge in [0.1, 0.15) is 28.6 Å². The third kappa shape index (κ3) is 5.93. The molecule has 0 aliphatic heterocycles. The van der Waals surface area contributed by atoms with E-state index >= 15 is 0 Å². The molecule has 4 aromatic rings. The highest BCUT2D eigenvalue weighted by atomic mass is 19.1.